The molecule has 1 N–H and O–H groups in total. The highest BCUT2D eigenvalue weighted by Gasteiger charge is 2.63. The van der Waals surface area contributed by atoms with Crippen LogP contribution in [-0.2, 0) is 4.79 Å². The van der Waals surface area contributed by atoms with Crippen molar-refractivity contribution in [2.24, 2.45) is 46.3 Å². The molecule has 4 rings (SSSR count). The summed E-state index contributed by atoms with van der Waals surface area (Å²) in [5.41, 5.74) is 0.177. The Morgan fingerprint density at radius 2 is 1.78 bits per heavy atom. The van der Waals surface area contributed by atoms with Gasteiger partial charge in [-0.05, 0) is 98.7 Å². The van der Waals surface area contributed by atoms with Gasteiger partial charge in [0.25, 0.3) is 0 Å². The first kappa shape index (κ1) is 20.4. The van der Waals surface area contributed by atoms with Crippen LogP contribution in [0.4, 0.5) is 0 Å². The molecule has 4 fully saturated rings. The van der Waals surface area contributed by atoms with Crippen LogP contribution in [0.3, 0.4) is 0 Å². The maximum atomic E-state index is 12.9. The first-order valence-electron chi connectivity index (χ1n) is 11.5. The number of carbonyl (C=O) groups is 1. The highest BCUT2D eigenvalue weighted by molar-refractivity contribution is 9.09. The van der Waals surface area contributed by atoms with Gasteiger partial charge in [0, 0.05) is 5.92 Å². The molecule has 9 atom stereocenters. The summed E-state index contributed by atoms with van der Waals surface area (Å²) in [6.07, 6.45) is 10.7. The van der Waals surface area contributed by atoms with Crippen LogP contribution in [0.2, 0.25) is 0 Å². The summed E-state index contributed by atoms with van der Waals surface area (Å²) in [7, 11) is 0. The van der Waals surface area contributed by atoms with Crippen LogP contribution in [0.25, 0.3) is 0 Å². The van der Waals surface area contributed by atoms with E-state index in [1.807, 2.05) is 0 Å². The number of hydrogen-bond acceptors (Lipinski definition) is 2. The average Bonchev–Trinajstić information content (AvgIpc) is 2.94. The molecule has 0 spiro atoms. The second-order valence-electron chi connectivity index (χ2n) is 11.4. The molecule has 27 heavy (non-hydrogen) atoms. The van der Waals surface area contributed by atoms with Gasteiger partial charge in [0.05, 0.1) is 10.9 Å². The van der Waals surface area contributed by atoms with Gasteiger partial charge >= 0.3 is 0 Å². The third-order valence-corrected chi connectivity index (χ3v) is 10.7. The number of fused-ring (bicyclic) bond motifs is 5. The molecular formula is C24H39BrO2. The summed E-state index contributed by atoms with van der Waals surface area (Å²) in [5.74, 6) is 4.34. The first-order chi connectivity index (χ1) is 12.7. The number of ketones is 1. The fourth-order valence-electron chi connectivity index (χ4n) is 8.73. The van der Waals surface area contributed by atoms with Crippen molar-refractivity contribution in [2.45, 2.75) is 91.1 Å². The lowest BCUT2D eigenvalue weighted by Crippen LogP contribution is -2.55. The zero-order chi connectivity index (χ0) is 19.6. The van der Waals surface area contributed by atoms with E-state index in [0.717, 1.165) is 37.0 Å². The zero-order valence-electron chi connectivity index (χ0n) is 17.8. The van der Waals surface area contributed by atoms with E-state index in [1.54, 1.807) is 0 Å². The summed E-state index contributed by atoms with van der Waals surface area (Å²) >= 11 is 3.48. The molecule has 2 nitrogen and oxygen atoms in total. The van der Waals surface area contributed by atoms with Gasteiger partial charge in [-0.15, -0.1) is 0 Å². The van der Waals surface area contributed by atoms with E-state index in [9.17, 15) is 9.90 Å². The standard InChI is InChI=1S/C24H39BrO2/c1-5-15-12-19-17-7-6-16-13-22(2,27)10-11-23(16,3)18(17)8-9-24(19,4)21(15)20(26)14-25/h15-19,21,27H,5-14H2,1-4H3/t15-,16+,17-,18+,19+,21-,22-,23+,24+/m1/s1. The molecule has 4 aliphatic carbocycles. The molecule has 0 aliphatic heterocycles. The van der Waals surface area contributed by atoms with Crippen molar-refractivity contribution < 1.29 is 9.90 Å². The Balaban J connectivity index is 1.63. The molecular weight excluding hydrogens is 400 g/mol. The van der Waals surface area contributed by atoms with E-state index >= 15 is 0 Å². The molecule has 3 heteroatoms. The molecule has 0 heterocycles. The Morgan fingerprint density at radius 1 is 1.04 bits per heavy atom. The Kier molecular flexibility index (Phi) is 5.15. The number of carbonyl (C=O) groups excluding carboxylic acids is 1. The number of rotatable bonds is 3. The monoisotopic (exact) mass is 438 g/mol. The predicted molar refractivity (Wildman–Crippen MR) is 114 cm³/mol. The van der Waals surface area contributed by atoms with Crippen LogP contribution in [0.5, 0.6) is 0 Å². The highest BCUT2D eigenvalue weighted by atomic mass is 79.9. The minimum absolute atomic E-state index is 0.218. The van der Waals surface area contributed by atoms with E-state index in [-0.39, 0.29) is 11.3 Å². The van der Waals surface area contributed by atoms with Gasteiger partial charge in [-0.2, -0.15) is 0 Å². The lowest BCUT2D eigenvalue weighted by Gasteiger charge is -2.61. The number of Topliss-reactive ketones (excluding diaryl/α,β-unsaturated/α-hetero) is 1. The fourth-order valence-corrected chi connectivity index (χ4v) is 9.07. The largest absolute Gasteiger partial charge is 0.390 e. The third kappa shape index (κ3) is 3.00. The number of alkyl halides is 1. The summed E-state index contributed by atoms with van der Waals surface area (Å²) < 4.78 is 0. The molecule has 0 saturated heterocycles. The second-order valence-corrected chi connectivity index (χ2v) is 11.9. The van der Waals surface area contributed by atoms with E-state index in [4.69, 9.17) is 0 Å². The van der Waals surface area contributed by atoms with E-state index in [1.165, 1.54) is 38.5 Å². The quantitative estimate of drug-likeness (QED) is 0.548. The lowest BCUT2D eigenvalue weighted by molar-refractivity contribution is -0.150. The summed E-state index contributed by atoms with van der Waals surface area (Å²) in [6.45, 7) is 9.36. The average molecular weight is 439 g/mol. The number of halogens is 1. The molecule has 0 amide bonds. The lowest BCUT2D eigenvalue weighted by atomic mass is 9.44. The normalized spacial score (nSPS) is 54.7. The molecule has 0 radical (unpaired) electrons. The minimum Gasteiger partial charge on any atom is -0.390 e. The van der Waals surface area contributed by atoms with Crippen LogP contribution < -0.4 is 0 Å². The van der Waals surface area contributed by atoms with Gasteiger partial charge in [0.2, 0.25) is 0 Å². The molecule has 4 saturated carbocycles. The van der Waals surface area contributed by atoms with Crippen LogP contribution in [0, 0.1) is 46.3 Å². The number of hydrogen-bond donors (Lipinski definition) is 1. The summed E-state index contributed by atoms with van der Waals surface area (Å²) in [6, 6.07) is 0. The fraction of sp³-hybridized carbons (Fsp3) is 0.958. The van der Waals surface area contributed by atoms with E-state index in [2.05, 4.69) is 43.6 Å². The van der Waals surface area contributed by atoms with Gasteiger partial charge in [-0.25, -0.2) is 0 Å². The molecule has 4 aliphatic rings. The van der Waals surface area contributed by atoms with Crippen molar-refractivity contribution in [3.05, 3.63) is 0 Å². The Hall–Kier alpha value is 0.110. The van der Waals surface area contributed by atoms with Crippen molar-refractivity contribution in [1.82, 2.24) is 0 Å². The van der Waals surface area contributed by atoms with Crippen LogP contribution in [0.15, 0.2) is 0 Å². The minimum atomic E-state index is -0.450. The first-order valence-corrected chi connectivity index (χ1v) is 12.6. The molecule has 0 unspecified atom stereocenters. The van der Waals surface area contributed by atoms with Crippen molar-refractivity contribution in [3.63, 3.8) is 0 Å². The highest BCUT2D eigenvalue weighted by Crippen LogP contribution is 2.69. The maximum Gasteiger partial charge on any atom is 0.147 e. The van der Waals surface area contributed by atoms with E-state index in [0.29, 0.717) is 28.4 Å². The Bertz CT molecular complexity index is 601. The van der Waals surface area contributed by atoms with Crippen molar-refractivity contribution in [2.75, 3.05) is 5.33 Å². The van der Waals surface area contributed by atoms with Crippen LogP contribution >= 0.6 is 15.9 Å². The predicted octanol–water partition coefficient (Wildman–Crippen LogP) is 6.00. The molecule has 0 aromatic carbocycles. The number of aliphatic hydroxyl groups is 1. The molecule has 0 bridgehead atoms. The van der Waals surface area contributed by atoms with Gasteiger partial charge in [0.15, 0.2) is 0 Å². The smallest absolute Gasteiger partial charge is 0.147 e. The summed E-state index contributed by atoms with van der Waals surface area (Å²) in [4.78, 5) is 12.9. The van der Waals surface area contributed by atoms with Gasteiger partial charge in [-0.3, -0.25) is 4.79 Å². The van der Waals surface area contributed by atoms with Crippen LogP contribution in [0.1, 0.15) is 85.5 Å². The Morgan fingerprint density at radius 3 is 2.44 bits per heavy atom. The van der Waals surface area contributed by atoms with Crippen molar-refractivity contribution >= 4 is 21.7 Å². The van der Waals surface area contributed by atoms with Gasteiger partial charge < -0.3 is 5.11 Å². The molecule has 0 aromatic heterocycles. The van der Waals surface area contributed by atoms with Gasteiger partial charge in [-0.1, -0.05) is 43.1 Å². The topological polar surface area (TPSA) is 37.3 Å². The maximum absolute atomic E-state index is 12.9. The van der Waals surface area contributed by atoms with Crippen molar-refractivity contribution in [3.8, 4) is 0 Å². The van der Waals surface area contributed by atoms with Crippen LogP contribution in [-0.4, -0.2) is 21.8 Å². The van der Waals surface area contributed by atoms with E-state index < -0.39 is 5.60 Å². The third-order valence-electron chi connectivity index (χ3n) is 10.1. The molecule has 0 aromatic rings. The summed E-state index contributed by atoms with van der Waals surface area (Å²) in [5, 5.41) is 11.2. The Labute approximate surface area is 174 Å². The zero-order valence-corrected chi connectivity index (χ0v) is 19.4. The van der Waals surface area contributed by atoms with Crippen molar-refractivity contribution in [1.29, 1.82) is 0 Å². The van der Waals surface area contributed by atoms with Gasteiger partial charge in [0.1, 0.15) is 5.78 Å². The molecule has 154 valence electrons. The second kappa shape index (κ2) is 6.83. The SMILES string of the molecule is CC[C@@H]1C[C@H]2[C@@H]3CC[C@H]4C[C@](C)(O)CC[C@]4(C)[C@H]3CC[C@]2(C)[C@H]1C(=O)CBr.